The average molecular weight is 292 g/mol. The second kappa shape index (κ2) is 7.99. The molecule has 0 aromatic carbocycles. The van der Waals surface area contributed by atoms with E-state index < -0.39 is 0 Å². The Morgan fingerprint density at radius 2 is 1.67 bits per heavy atom. The molecule has 0 radical (unpaired) electrons. The first-order valence-corrected chi connectivity index (χ1v) is 10.1. The second-order valence-electron chi connectivity index (χ2n) is 8.34. The van der Waals surface area contributed by atoms with Crippen LogP contribution in [0.5, 0.6) is 0 Å². The summed E-state index contributed by atoms with van der Waals surface area (Å²) in [5.41, 5.74) is 0. The number of rotatable bonds is 6. The Kier molecular flexibility index (Phi) is 6.03. The predicted octanol–water partition coefficient (Wildman–Crippen LogP) is 5.54. The van der Waals surface area contributed by atoms with Gasteiger partial charge in [0.05, 0.1) is 0 Å². The standard InChI is InChI=1S/C20H37N/c1-2-12-21-20(17-8-6-4-3-5-7-9-17)15-19-14-16-10-11-18(19)13-16/h16-21H,2-15H2,1H3. The Labute approximate surface area is 132 Å². The molecule has 0 spiro atoms. The number of fused-ring (bicyclic) bond motifs is 2. The van der Waals surface area contributed by atoms with Gasteiger partial charge in [0.1, 0.15) is 0 Å². The fourth-order valence-corrected chi connectivity index (χ4v) is 5.65. The Balaban J connectivity index is 1.56. The van der Waals surface area contributed by atoms with Gasteiger partial charge in [-0.15, -0.1) is 0 Å². The second-order valence-corrected chi connectivity index (χ2v) is 8.34. The Morgan fingerprint density at radius 3 is 2.29 bits per heavy atom. The molecular weight excluding hydrogens is 254 g/mol. The molecule has 3 fully saturated rings. The fourth-order valence-electron chi connectivity index (χ4n) is 5.65. The summed E-state index contributed by atoms with van der Waals surface area (Å²) in [5.74, 6) is 4.28. The van der Waals surface area contributed by atoms with E-state index in [0.717, 1.165) is 29.7 Å². The molecule has 1 N–H and O–H groups in total. The van der Waals surface area contributed by atoms with Crippen LogP contribution >= 0.6 is 0 Å². The lowest BCUT2D eigenvalue weighted by atomic mass is 9.78. The lowest BCUT2D eigenvalue weighted by molar-refractivity contribution is 0.212. The summed E-state index contributed by atoms with van der Waals surface area (Å²) in [6.07, 6.45) is 19.5. The summed E-state index contributed by atoms with van der Waals surface area (Å²) in [7, 11) is 0. The van der Waals surface area contributed by atoms with Crippen LogP contribution in [-0.4, -0.2) is 12.6 Å². The maximum absolute atomic E-state index is 3.97. The molecule has 0 heterocycles. The van der Waals surface area contributed by atoms with Crippen LogP contribution in [0.25, 0.3) is 0 Å². The first-order valence-electron chi connectivity index (χ1n) is 10.1. The third-order valence-electron chi connectivity index (χ3n) is 6.82. The Hall–Kier alpha value is -0.0400. The van der Waals surface area contributed by atoms with Crippen molar-refractivity contribution >= 4 is 0 Å². The first-order chi connectivity index (χ1) is 10.4. The van der Waals surface area contributed by atoms with Crippen LogP contribution in [0.2, 0.25) is 0 Å². The SMILES string of the molecule is CCCNC(CC1CC2CCC1C2)C1CCCCCCC1. The van der Waals surface area contributed by atoms with Gasteiger partial charge in [0.25, 0.3) is 0 Å². The fraction of sp³-hybridized carbons (Fsp3) is 1.00. The van der Waals surface area contributed by atoms with Crippen molar-refractivity contribution in [2.45, 2.75) is 96.4 Å². The summed E-state index contributed by atoms with van der Waals surface area (Å²) in [6.45, 7) is 3.56. The Bertz CT molecular complexity index is 292. The summed E-state index contributed by atoms with van der Waals surface area (Å²) in [4.78, 5) is 0. The van der Waals surface area contributed by atoms with Crippen molar-refractivity contribution in [1.29, 1.82) is 0 Å². The molecule has 1 nitrogen and oxygen atoms in total. The minimum Gasteiger partial charge on any atom is -0.314 e. The molecule has 2 bridgehead atoms. The van der Waals surface area contributed by atoms with Gasteiger partial charge >= 0.3 is 0 Å². The highest BCUT2D eigenvalue weighted by atomic mass is 14.9. The lowest BCUT2D eigenvalue weighted by Crippen LogP contribution is -2.39. The van der Waals surface area contributed by atoms with E-state index in [9.17, 15) is 0 Å². The highest BCUT2D eigenvalue weighted by Crippen LogP contribution is 2.50. The van der Waals surface area contributed by atoms with Gasteiger partial charge in [0.15, 0.2) is 0 Å². The van der Waals surface area contributed by atoms with Crippen molar-refractivity contribution in [1.82, 2.24) is 5.32 Å². The molecule has 3 aliphatic carbocycles. The van der Waals surface area contributed by atoms with Crippen LogP contribution < -0.4 is 5.32 Å². The van der Waals surface area contributed by atoms with Crippen molar-refractivity contribution in [2.75, 3.05) is 6.54 Å². The topological polar surface area (TPSA) is 12.0 Å². The minimum absolute atomic E-state index is 0.840. The predicted molar refractivity (Wildman–Crippen MR) is 91.4 cm³/mol. The minimum atomic E-state index is 0.840. The van der Waals surface area contributed by atoms with E-state index >= 15 is 0 Å². The van der Waals surface area contributed by atoms with Gasteiger partial charge in [-0.2, -0.15) is 0 Å². The highest BCUT2D eigenvalue weighted by molar-refractivity contribution is 4.93. The van der Waals surface area contributed by atoms with Crippen LogP contribution in [-0.2, 0) is 0 Å². The highest BCUT2D eigenvalue weighted by Gasteiger charge is 2.40. The summed E-state index contributed by atoms with van der Waals surface area (Å²) in [5, 5.41) is 3.97. The number of nitrogens with one attached hydrogen (secondary N) is 1. The third kappa shape index (κ3) is 4.24. The summed E-state index contributed by atoms with van der Waals surface area (Å²) in [6, 6.07) is 0.840. The molecule has 0 aromatic rings. The van der Waals surface area contributed by atoms with E-state index in [4.69, 9.17) is 0 Å². The van der Waals surface area contributed by atoms with E-state index in [0.29, 0.717) is 0 Å². The first kappa shape index (κ1) is 15.8. The summed E-state index contributed by atoms with van der Waals surface area (Å²) >= 11 is 0. The number of hydrogen-bond donors (Lipinski definition) is 1. The molecule has 0 aromatic heterocycles. The van der Waals surface area contributed by atoms with Gasteiger partial charge in [-0.1, -0.05) is 45.4 Å². The van der Waals surface area contributed by atoms with Crippen molar-refractivity contribution < 1.29 is 0 Å². The molecule has 0 amide bonds. The molecule has 122 valence electrons. The summed E-state index contributed by atoms with van der Waals surface area (Å²) < 4.78 is 0. The van der Waals surface area contributed by atoms with Gasteiger partial charge < -0.3 is 5.32 Å². The van der Waals surface area contributed by atoms with E-state index in [1.807, 2.05) is 0 Å². The number of hydrogen-bond acceptors (Lipinski definition) is 1. The Morgan fingerprint density at radius 1 is 0.905 bits per heavy atom. The van der Waals surface area contributed by atoms with Gasteiger partial charge in [-0.05, 0) is 75.2 Å². The van der Waals surface area contributed by atoms with Crippen LogP contribution in [0.15, 0.2) is 0 Å². The molecule has 1 heteroatoms. The van der Waals surface area contributed by atoms with Crippen LogP contribution in [0, 0.1) is 23.7 Å². The van der Waals surface area contributed by atoms with Crippen molar-refractivity contribution in [2.24, 2.45) is 23.7 Å². The molecule has 0 aliphatic heterocycles. The normalized spacial score (nSPS) is 35.6. The van der Waals surface area contributed by atoms with Crippen LogP contribution in [0.1, 0.15) is 90.4 Å². The van der Waals surface area contributed by atoms with Crippen molar-refractivity contribution in [3.8, 4) is 0 Å². The zero-order chi connectivity index (χ0) is 14.5. The van der Waals surface area contributed by atoms with Crippen molar-refractivity contribution in [3.05, 3.63) is 0 Å². The van der Waals surface area contributed by atoms with Crippen LogP contribution in [0.4, 0.5) is 0 Å². The molecule has 0 saturated heterocycles. The van der Waals surface area contributed by atoms with Gasteiger partial charge in [-0.25, -0.2) is 0 Å². The molecule has 3 aliphatic rings. The maximum atomic E-state index is 3.97. The molecule has 21 heavy (non-hydrogen) atoms. The molecule has 4 atom stereocenters. The van der Waals surface area contributed by atoms with E-state index in [2.05, 4.69) is 12.2 Å². The quantitative estimate of drug-likeness (QED) is 0.677. The molecule has 3 rings (SSSR count). The molecular formula is C20H37N. The van der Waals surface area contributed by atoms with Gasteiger partial charge in [0.2, 0.25) is 0 Å². The van der Waals surface area contributed by atoms with Gasteiger partial charge in [0, 0.05) is 6.04 Å². The maximum Gasteiger partial charge on any atom is 0.00980 e. The monoisotopic (exact) mass is 291 g/mol. The smallest absolute Gasteiger partial charge is 0.00980 e. The lowest BCUT2D eigenvalue weighted by Gasteiger charge is -2.34. The largest absolute Gasteiger partial charge is 0.314 e. The molecule has 3 saturated carbocycles. The van der Waals surface area contributed by atoms with Crippen LogP contribution in [0.3, 0.4) is 0 Å². The zero-order valence-corrected chi connectivity index (χ0v) is 14.3. The van der Waals surface area contributed by atoms with E-state index in [1.54, 1.807) is 25.7 Å². The van der Waals surface area contributed by atoms with E-state index in [-0.39, 0.29) is 0 Å². The van der Waals surface area contributed by atoms with Gasteiger partial charge in [-0.3, -0.25) is 0 Å². The average Bonchev–Trinajstić information content (AvgIpc) is 3.06. The van der Waals surface area contributed by atoms with Crippen molar-refractivity contribution in [3.63, 3.8) is 0 Å². The third-order valence-corrected chi connectivity index (χ3v) is 6.82. The zero-order valence-electron chi connectivity index (χ0n) is 14.3. The molecule has 4 unspecified atom stereocenters. The van der Waals surface area contributed by atoms with E-state index in [1.165, 1.54) is 64.3 Å².